The first-order valence-corrected chi connectivity index (χ1v) is 19.0. The van der Waals surface area contributed by atoms with Gasteiger partial charge >= 0.3 is 12.1 Å². The normalized spacial score (nSPS) is 16.5. The smallest absolute Gasteiger partial charge is 0.416 e. The number of nitrogens with one attached hydrogen (secondary N) is 1. The molecule has 0 aliphatic carbocycles. The first kappa shape index (κ1) is 42.8. The molecule has 1 amide bonds. The van der Waals surface area contributed by atoms with E-state index < -0.39 is 71.0 Å². The van der Waals surface area contributed by atoms with E-state index in [1.807, 2.05) is 26.0 Å². The maximum absolute atomic E-state index is 17.0. The summed E-state index contributed by atoms with van der Waals surface area (Å²) in [4.78, 5) is 44.5. The Morgan fingerprint density at radius 3 is 2.20 bits per heavy atom. The van der Waals surface area contributed by atoms with Crippen molar-refractivity contribution in [2.24, 2.45) is 5.92 Å². The summed E-state index contributed by atoms with van der Waals surface area (Å²) in [5.41, 5.74) is -0.205. The Kier molecular flexibility index (Phi) is 13.6. The molecule has 5 rings (SSSR count). The number of hydrogen-bond donors (Lipinski definition) is 1. The molecule has 15 heteroatoms. The maximum atomic E-state index is 17.0. The zero-order valence-electron chi connectivity index (χ0n) is 32.6. The monoisotopic (exact) mass is 792 g/mol. The number of halogens is 6. The van der Waals surface area contributed by atoms with Gasteiger partial charge in [0.15, 0.2) is 0 Å². The predicted molar refractivity (Wildman–Crippen MR) is 200 cm³/mol. The van der Waals surface area contributed by atoms with Crippen LogP contribution in [-0.2, 0) is 31.7 Å². The third-order valence-electron chi connectivity index (χ3n) is 10.3. The van der Waals surface area contributed by atoms with Crippen molar-refractivity contribution in [3.05, 3.63) is 85.8 Å². The molecule has 0 unspecified atom stereocenters. The van der Waals surface area contributed by atoms with Crippen LogP contribution >= 0.6 is 0 Å². The number of aryl methyl sites for hydroxylation is 3. The number of benzene rings is 2. The number of morpholine rings is 1. The van der Waals surface area contributed by atoms with E-state index in [2.05, 4.69) is 10.2 Å². The Balaban J connectivity index is 1.57. The number of likely N-dealkylation sites (tertiary alicyclic amines) is 1. The molecule has 2 fully saturated rings. The maximum Gasteiger partial charge on any atom is 0.416 e. The van der Waals surface area contributed by atoms with Gasteiger partial charge in [0.2, 0.25) is 5.91 Å². The molecule has 0 saturated carbocycles. The van der Waals surface area contributed by atoms with Gasteiger partial charge in [0.1, 0.15) is 23.8 Å². The predicted octanol–water partition coefficient (Wildman–Crippen LogP) is 7.17. The van der Waals surface area contributed by atoms with Gasteiger partial charge in [0.05, 0.1) is 37.8 Å². The van der Waals surface area contributed by atoms with E-state index in [1.54, 1.807) is 25.7 Å². The summed E-state index contributed by atoms with van der Waals surface area (Å²) >= 11 is 0. The van der Waals surface area contributed by atoms with Gasteiger partial charge in [-0.15, -0.1) is 0 Å². The van der Waals surface area contributed by atoms with Crippen molar-refractivity contribution in [1.82, 2.24) is 14.8 Å². The van der Waals surface area contributed by atoms with Crippen molar-refractivity contribution in [3.63, 3.8) is 0 Å². The Morgan fingerprint density at radius 2 is 1.62 bits per heavy atom. The fraction of sp³-hybridized carbons (Fsp3) is 0.537. The number of ether oxygens (including phenoxy) is 2. The van der Waals surface area contributed by atoms with E-state index in [4.69, 9.17) is 9.47 Å². The molecule has 0 spiro atoms. The summed E-state index contributed by atoms with van der Waals surface area (Å²) in [6.45, 7) is 12.8. The van der Waals surface area contributed by atoms with Crippen LogP contribution in [0.15, 0.2) is 35.3 Å². The third-order valence-corrected chi connectivity index (χ3v) is 10.3. The van der Waals surface area contributed by atoms with E-state index >= 15 is 8.78 Å². The summed E-state index contributed by atoms with van der Waals surface area (Å²) in [5, 5.41) is 2.59. The second kappa shape index (κ2) is 17.8. The summed E-state index contributed by atoms with van der Waals surface area (Å²) in [6.07, 6.45) is -5.88. The largest absolute Gasteiger partial charge is 0.466 e. The molecule has 9 nitrogen and oxygen atoms in total. The minimum atomic E-state index is -4.89. The number of rotatable bonds is 14. The summed E-state index contributed by atoms with van der Waals surface area (Å²) in [7, 11) is 0. The number of aromatic nitrogens is 1. The minimum Gasteiger partial charge on any atom is -0.466 e. The van der Waals surface area contributed by atoms with Crippen molar-refractivity contribution >= 4 is 17.6 Å². The van der Waals surface area contributed by atoms with Crippen molar-refractivity contribution in [3.8, 4) is 11.1 Å². The SMILES string of the molecule is CCOC(=O)C[C@H](NC(=O)[C@H](CC(C)C)n1cc(CCN2CC(F)C2)c(C(F)(F)F)cc1=O)c1c(F)c(C)cc(-c2c(C)cc(N3CCOCC3)cc2C)c1F. The number of pyridine rings is 1. The Morgan fingerprint density at radius 1 is 0.982 bits per heavy atom. The lowest BCUT2D eigenvalue weighted by Crippen LogP contribution is -2.49. The van der Waals surface area contributed by atoms with Gasteiger partial charge in [-0.1, -0.05) is 13.8 Å². The standard InChI is InChI=1S/C41H50F6N4O5/c1-7-56-35(53)19-32(37-38(43)26(6)17-30(39(37)44)36-24(4)15-29(16-25(36)5)50-10-12-55-13-11-50)48-40(54)33(14-23(2)3)51-20-27(8-9-49-21-28(42)22-49)31(18-34(51)52)41(45,46)47/h15-18,20,23,28,32-33H,7-14,19,21-22H2,1-6H3,(H,48,54)/t32-,33-/m0/s1. The van der Waals surface area contributed by atoms with Crippen LogP contribution in [0.4, 0.5) is 32.0 Å². The number of hydrogen-bond acceptors (Lipinski definition) is 7. The zero-order chi connectivity index (χ0) is 41.1. The van der Waals surface area contributed by atoms with Crippen LogP contribution in [0.1, 0.15) is 79.1 Å². The zero-order valence-corrected chi connectivity index (χ0v) is 32.6. The number of alkyl halides is 4. The van der Waals surface area contributed by atoms with Crippen LogP contribution in [0.25, 0.3) is 11.1 Å². The molecule has 1 N–H and O–H groups in total. The molecule has 0 bridgehead atoms. The lowest BCUT2D eigenvalue weighted by atomic mass is 9.89. The van der Waals surface area contributed by atoms with Crippen LogP contribution in [0.2, 0.25) is 0 Å². The van der Waals surface area contributed by atoms with Crippen LogP contribution in [0, 0.1) is 38.3 Å². The van der Waals surface area contributed by atoms with Crippen molar-refractivity contribution in [1.29, 1.82) is 0 Å². The van der Waals surface area contributed by atoms with Crippen LogP contribution < -0.4 is 15.8 Å². The molecule has 2 aromatic carbocycles. The lowest BCUT2D eigenvalue weighted by molar-refractivity contribution is -0.144. The molecule has 2 saturated heterocycles. The van der Waals surface area contributed by atoms with Gasteiger partial charge < -0.3 is 24.3 Å². The molecule has 1 aromatic heterocycles. The van der Waals surface area contributed by atoms with Crippen LogP contribution in [-0.4, -0.2) is 80.1 Å². The van der Waals surface area contributed by atoms with Gasteiger partial charge in [0, 0.05) is 61.8 Å². The second-order valence-corrected chi connectivity index (χ2v) is 15.1. The van der Waals surface area contributed by atoms with Crippen LogP contribution in [0.3, 0.4) is 0 Å². The number of nitrogens with zero attached hydrogens (tertiary/aromatic N) is 3. The third kappa shape index (κ3) is 9.77. The van der Waals surface area contributed by atoms with Gasteiger partial charge in [-0.2, -0.15) is 13.2 Å². The number of carbonyl (C=O) groups is 2. The molecule has 0 radical (unpaired) electrons. The summed E-state index contributed by atoms with van der Waals surface area (Å²) in [5.74, 6) is -4.09. The van der Waals surface area contributed by atoms with Crippen molar-refractivity contribution in [2.75, 3.05) is 57.4 Å². The van der Waals surface area contributed by atoms with Gasteiger partial charge in [-0.05, 0) is 92.5 Å². The second-order valence-electron chi connectivity index (χ2n) is 15.1. The van der Waals surface area contributed by atoms with Gasteiger partial charge in [-0.3, -0.25) is 19.3 Å². The molecule has 2 atom stereocenters. The van der Waals surface area contributed by atoms with E-state index in [-0.39, 0.29) is 61.7 Å². The molecular weight excluding hydrogens is 742 g/mol. The first-order chi connectivity index (χ1) is 26.4. The summed E-state index contributed by atoms with van der Waals surface area (Å²) in [6, 6.07) is 2.57. The van der Waals surface area contributed by atoms with Crippen LogP contribution in [0.5, 0.6) is 0 Å². The molecule has 3 aromatic rings. The number of esters is 1. The fourth-order valence-electron chi connectivity index (χ4n) is 7.59. The highest BCUT2D eigenvalue weighted by molar-refractivity contribution is 5.82. The van der Waals surface area contributed by atoms with E-state index in [0.29, 0.717) is 49.1 Å². The number of anilines is 1. The number of carbonyl (C=O) groups excluding carboxylic acids is 2. The first-order valence-electron chi connectivity index (χ1n) is 19.0. The van der Waals surface area contributed by atoms with E-state index in [9.17, 15) is 31.9 Å². The lowest BCUT2D eigenvalue weighted by Gasteiger charge is -2.34. The molecule has 56 heavy (non-hydrogen) atoms. The van der Waals surface area contributed by atoms with Crippen molar-refractivity contribution in [2.45, 2.75) is 85.2 Å². The fourth-order valence-corrected chi connectivity index (χ4v) is 7.59. The summed E-state index contributed by atoms with van der Waals surface area (Å²) < 4.78 is 101. The molecule has 306 valence electrons. The Bertz CT molecular complexity index is 1950. The Hall–Kier alpha value is -4.37. The molecular formula is C41H50F6N4O5. The van der Waals surface area contributed by atoms with E-state index in [1.165, 1.54) is 13.0 Å². The average Bonchev–Trinajstić information content (AvgIpc) is 3.10. The van der Waals surface area contributed by atoms with Gasteiger partial charge in [-0.25, -0.2) is 13.2 Å². The highest BCUT2D eigenvalue weighted by Gasteiger charge is 2.37. The Labute approximate surface area is 322 Å². The highest BCUT2D eigenvalue weighted by Crippen LogP contribution is 2.39. The average molecular weight is 793 g/mol. The van der Waals surface area contributed by atoms with E-state index in [0.717, 1.165) is 16.5 Å². The van der Waals surface area contributed by atoms with Crippen molar-refractivity contribution < 1.29 is 45.4 Å². The van der Waals surface area contributed by atoms with Gasteiger partial charge in [0.25, 0.3) is 5.56 Å². The minimum absolute atomic E-state index is 0.0409. The topological polar surface area (TPSA) is 93.1 Å². The number of amides is 1. The molecule has 3 heterocycles. The highest BCUT2D eigenvalue weighted by atomic mass is 19.4. The molecule has 2 aliphatic heterocycles. The molecule has 2 aliphatic rings. The quantitative estimate of drug-likeness (QED) is 0.137.